The Morgan fingerprint density at radius 1 is 1.00 bits per heavy atom. The van der Waals surface area contributed by atoms with E-state index in [-0.39, 0.29) is 0 Å². The number of sulfonamides is 1. The molecule has 1 heterocycles. The summed E-state index contributed by atoms with van der Waals surface area (Å²) in [6, 6.07) is 20.7. The molecule has 0 saturated heterocycles. The van der Waals surface area contributed by atoms with Gasteiger partial charge in [0.2, 0.25) is 10.0 Å². The Balaban J connectivity index is 1.68. The van der Waals surface area contributed by atoms with Gasteiger partial charge in [-0.3, -0.25) is 4.72 Å². The van der Waals surface area contributed by atoms with Crippen molar-refractivity contribution in [3.8, 4) is 11.1 Å². The zero-order valence-corrected chi connectivity index (χ0v) is 17.1. The molecule has 0 aliphatic carbocycles. The van der Waals surface area contributed by atoms with Crippen LogP contribution >= 0.6 is 11.6 Å². The predicted octanol–water partition coefficient (Wildman–Crippen LogP) is 5.43. The molecule has 5 nitrogen and oxygen atoms in total. The van der Waals surface area contributed by atoms with Gasteiger partial charge in [-0.2, -0.15) is 0 Å². The molecule has 4 aromatic rings. The van der Waals surface area contributed by atoms with Crippen molar-refractivity contribution in [1.29, 1.82) is 0 Å². The number of H-pyrrole nitrogens is 1. The number of benzene rings is 3. The van der Waals surface area contributed by atoms with Gasteiger partial charge in [0.25, 0.3) is 0 Å². The summed E-state index contributed by atoms with van der Waals surface area (Å²) in [6.45, 7) is 0. The van der Waals surface area contributed by atoms with Crippen molar-refractivity contribution in [3.63, 3.8) is 0 Å². The van der Waals surface area contributed by atoms with Gasteiger partial charge < -0.3 is 4.98 Å². The van der Waals surface area contributed by atoms with Gasteiger partial charge in [-0.05, 0) is 47.5 Å². The number of hydrogen-bond donors (Lipinski definition) is 2. The van der Waals surface area contributed by atoms with Crippen LogP contribution in [0.5, 0.6) is 0 Å². The molecule has 1 aromatic heterocycles. The second-order valence-electron chi connectivity index (χ2n) is 6.66. The van der Waals surface area contributed by atoms with Crippen molar-refractivity contribution >= 4 is 50.5 Å². The van der Waals surface area contributed by atoms with Gasteiger partial charge in [0, 0.05) is 10.6 Å². The molecule has 0 spiro atoms. The topological polar surface area (TPSA) is 74.8 Å². The third-order valence-electron chi connectivity index (χ3n) is 4.32. The number of halogens is 1. The number of nitrogens with one attached hydrogen (secondary N) is 2. The van der Waals surface area contributed by atoms with Crippen molar-refractivity contribution in [2.24, 2.45) is 0 Å². The van der Waals surface area contributed by atoms with Crippen molar-refractivity contribution in [1.82, 2.24) is 9.97 Å². The van der Waals surface area contributed by atoms with Crippen LogP contribution < -0.4 is 4.72 Å². The van der Waals surface area contributed by atoms with Crippen LogP contribution in [0.15, 0.2) is 66.7 Å². The summed E-state index contributed by atoms with van der Waals surface area (Å²) >= 11 is 6.02. The lowest BCUT2D eigenvalue weighted by atomic mass is 10.0. The second kappa shape index (κ2) is 7.73. The molecular formula is C22H18ClN3O2S. The van der Waals surface area contributed by atoms with E-state index in [0.717, 1.165) is 39.8 Å². The highest BCUT2D eigenvalue weighted by molar-refractivity contribution is 7.92. The highest BCUT2D eigenvalue weighted by Gasteiger charge is 2.10. The van der Waals surface area contributed by atoms with Crippen LogP contribution in [0, 0.1) is 0 Å². The Labute approximate surface area is 174 Å². The Morgan fingerprint density at radius 2 is 1.83 bits per heavy atom. The first kappa shape index (κ1) is 19.2. The molecule has 0 aliphatic rings. The molecule has 0 aliphatic heterocycles. The van der Waals surface area contributed by atoms with Crippen LogP contribution in [0.3, 0.4) is 0 Å². The fraction of sp³-hybridized carbons (Fsp3) is 0.0455. The number of nitrogens with zero attached hydrogens (tertiary/aromatic N) is 1. The monoisotopic (exact) mass is 423 g/mol. The van der Waals surface area contributed by atoms with Gasteiger partial charge in [0.15, 0.2) is 0 Å². The number of aromatic amines is 1. The average Bonchev–Trinajstić information content (AvgIpc) is 3.08. The highest BCUT2D eigenvalue weighted by atomic mass is 35.5. The first-order valence-corrected chi connectivity index (χ1v) is 11.1. The molecule has 146 valence electrons. The minimum atomic E-state index is -3.37. The lowest BCUT2D eigenvalue weighted by Gasteiger charge is -2.10. The maximum atomic E-state index is 11.7. The van der Waals surface area contributed by atoms with Gasteiger partial charge >= 0.3 is 0 Å². The van der Waals surface area contributed by atoms with E-state index >= 15 is 0 Å². The van der Waals surface area contributed by atoms with E-state index < -0.39 is 10.0 Å². The van der Waals surface area contributed by atoms with E-state index in [2.05, 4.69) is 14.7 Å². The molecule has 0 atom stereocenters. The molecule has 29 heavy (non-hydrogen) atoms. The standard InChI is InChI=1S/C22H18ClN3O2S/c1-29(27,28)26-19-8-3-2-7-18(19)16-10-11-20-21(14-16)25-22(24-20)12-9-15-5-4-6-17(23)13-15/h2-14,26H,1H3,(H,24,25)/b12-9+. The zero-order chi connectivity index (χ0) is 20.4. The van der Waals surface area contributed by atoms with Crippen molar-refractivity contribution in [3.05, 3.63) is 83.1 Å². The van der Waals surface area contributed by atoms with E-state index in [1.165, 1.54) is 0 Å². The number of anilines is 1. The van der Waals surface area contributed by atoms with Gasteiger partial charge in [-0.1, -0.05) is 54.1 Å². The average molecular weight is 424 g/mol. The fourth-order valence-electron chi connectivity index (χ4n) is 3.08. The highest BCUT2D eigenvalue weighted by Crippen LogP contribution is 2.30. The Morgan fingerprint density at radius 3 is 2.62 bits per heavy atom. The SMILES string of the molecule is CS(=O)(=O)Nc1ccccc1-c1ccc2[nH]c(/C=C/c3cccc(Cl)c3)nc2c1. The quantitative estimate of drug-likeness (QED) is 0.449. The number of aromatic nitrogens is 2. The molecule has 0 fully saturated rings. The minimum absolute atomic E-state index is 0.533. The summed E-state index contributed by atoms with van der Waals surface area (Å²) < 4.78 is 25.9. The van der Waals surface area contributed by atoms with Crippen molar-refractivity contribution in [2.45, 2.75) is 0 Å². The number of fused-ring (bicyclic) bond motifs is 1. The maximum absolute atomic E-state index is 11.7. The molecule has 0 radical (unpaired) electrons. The van der Waals surface area contributed by atoms with Crippen LogP contribution in [0.2, 0.25) is 5.02 Å². The van der Waals surface area contributed by atoms with E-state index in [1.54, 1.807) is 12.1 Å². The van der Waals surface area contributed by atoms with Crippen LogP contribution in [-0.2, 0) is 10.0 Å². The largest absolute Gasteiger partial charge is 0.338 e. The molecule has 0 unspecified atom stereocenters. The number of para-hydroxylation sites is 1. The molecular weight excluding hydrogens is 406 g/mol. The van der Waals surface area contributed by atoms with Crippen molar-refractivity contribution in [2.75, 3.05) is 11.0 Å². The third-order valence-corrected chi connectivity index (χ3v) is 5.14. The van der Waals surface area contributed by atoms with E-state index in [9.17, 15) is 8.42 Å². The number of rotatable bonds is 5. The lowest BCUT2D eigenvalue weighted by Crippen LogP contribution is -2.10. The fourth-order valence-corrected chi connectivity index (χ4v) is 3.86. The Hall–Kier alpha value is -3.09. The van der Waals surface area contributed by atoms with E-state index in [1.807, 2.05) is 66.7 Å². The van der Waals surface area contributed by atoms with Gasteiger partial charge in [-0.25, -0.2) is 13.4 Å². The first-order chi connectivity index (χ1) is 13.9. The third kappa shape index (κ3) is 4.67. The first-order valence-electron chi connectivity index (χ1n) is 8.88. The Bertz CT molecular complexity index is 1330. The van der Waals surface area contributed by atoms with Crippen LogP contribution in [0.4, 0.5) is 5.69 Å². The summed E-state index contributed by atoms with van der Waals surface area (Å²) in [5.74, 6) is 0.722. The molecule has 3 aromatic carbocycles. The normalized spacial score (nSPS) is 11.9. The van der Waals surface area contributed by atoms with Crippen LogP contribution in [0.25, 0.3) is 34.3 Å². The van der Waals surface area contributed by atoms with Gasteiger partial charge in [-0.15, -0.1) is 0 Å². The molecule has 0 bridgehead atoms. The molecule has 0 saturated carbocycles. The van der Waals surface area contributed by atoms with Crippen molar-refractivity contribution < 1.29 is 8.42 Å². The summed E-state index contributed by atoms with van der Waals surface area (Å²) in [5, 5.41) is 0.683. The molecule has 4 rings (SSSR count). The summed E-state index contributed by atoms with van der Waals surface area (Å²) in [5.41, 5.74) is 4.88. The molecule has 0 amide bonds. The predicted molar refractivity (Wildman–Crippen MR) is 120 cm³/mol. The lowest BCUT2D eigenvalue weighted by molar-refractivity contribution is 0.607. The smallest absolute Gasteiger partial charge is 0.229 e. The van der Waals surface area contributed by atoms with Gasteiger partial charge in [0.05, 0.1) is 23.0 Å². The summed E-state index contributed by atoms with van der Waals surface area (Å²) in [6.07, 6.45) is 4.97. The maximum Gasteiger partial charge on any atom is 0.229 e. The summed E-state index contributed by atoms with van der Waals surface area (Å²) in [7, 11) is -3.37. The zero-order valence-electron chi connectivity index (χ0n) is 15.6. The number of hydrogen-bond acceptors (Lipinski definition) is 3. The second-order valence-corrected chi connectivity index (χ2v) is 8.85. The van der Waals surface area contributed by atoms with E-state index in [0.29, 0.717) is 10.7 Å². The number of imidazole rings is 1. The van der Waals surface area contributed by atoms with E-state index in [4.69, 9.17) is 11.6 Å². The molecule has 2 N–H and O–H groups in total. The minimum Gasteiger partial charge on any atom is -0.338 e. The van der Waals surface area contributed by atoms with Gasteiger partial charge in [0.1, 0.15) is 5.82 Å². The molecule has 7 heteroatoms. The Kier molecular flexibility index (Phi) is 5.13. The van der Waals surface area contributed by atoms with Crippen LogP contribution in [-0.4, -0.2) is 24.6 Å². The van der Waals surface area contributed by atoms with Crippen LogP contribution in [0.1, 0.15) is 11.4 Å². The summed E-state index contributed by atoms with van der Waals surface area (Å²) in [4.78, 5) is 7.90.